The van der Waals surface area contributed by atoms with Gasteiger partial charge in [-0.3, -0.25) is 9.78 Å². The average molecular weight is 249 g/mol. The van der Waals surface area contributed by atoms with E-state index in [1.807, 2.05) is 12.3 Å². The van der Waals surface area contributed by atoms with Gasteiger partial charge in [0, 0.05) is 32.4 Å². The Balaban J connectivity index is 1.90. The minimum atomic E-state index is -0.403. The van der Waals surface area contributed by atoms with Crippen LogP contribution < -0.4 is 4.90 Å². The maximum atomic E-state index is 11.4. The molecular formula is C13H19N3O2. The van der Waals surface area contributed by atoms with E-state index in [0.717, 1.165) is 31.6 Å². The second-order valence-electron chi connectivity index (χ2n) is 4.59. The quantitative estimate of drug-likeness (QED) is 0.847. The van der Waals surface area contributed by atoms with Crippen LogP contribution in [-0.2, 0) is 4.79 Å². The van der Waals surface area contributed by atoms with E-state index in [0.29, 0.717) is 0 Å². The van der Waals surface area contributed by atoms with E-state index in [-0.39, 0.29) is 11.9 Å². The second kappa shape index (κ2) is 5.82. The van der Waals surface area contributed by atoms with Gasteiger partial charge in [0.25, 0.3) is 0 Å². The summed E-state index contributed by atoms with van der Waals surface area (Å²) in [5.41, 5.74) is 1.13. The molecule has 1 aromatic rings. The Hall–Kier alpha value is -1.62. The molecule has 0 bridgehead atoms. The molecule has 0 atom stereocenters. The van der Waals surface area contributed by atoms with Crippen LogP contribution in [-0.4, -0.2) is 53.7 Å². The summed E-state index contributed by atoms with van der Waals surface area (Å²) in [5, 5.41) is 8.86. The SMILES string of the molecule is CN(C(=O)CO)C1CCN(c2cccnc2)CC1. The van der Waals surface area contributed by atoms with Gasteiger partial charge in [0.15, 0.2) is 0 Å². The van der Waals surface area contributed by atoms with Gasteiger partial charge in [-0.2, -0.15) is 0 Å². The fourth-order valence-electron chi connectivity index (χ4n) is 2.37. The van der Waals surface area contributed by atoms with Gasteiger partial charge >= 0.3 is 0 Å². The molecule has 5 heteroatoms. The lowest BCUT2D eigenvalue weighted by atomic mass is 10.0. The molecule has 5 nitrogen and oxygen atoms in total. The summed E-state index contributed by atoms with van der Waals surface area (Å²) in [5.74, 6) is -0.199. The maximum absolute atomic E-state index is 11.4. The number of hydrogen-bond donors (Lipinski definition) is 1. The molecule has 1 fully saturated rings. The fraction of sp³-hybridized carbons (Fsp3) is 0.538. The number of rotatable bonds is 3. The molecule has 1 amide bonds. The zero-order valence-electron chi connectivity index (χ0n) is 10.6. The molecule has 2 heterocycles. The number of nitrogens with zero attached hydrogens (tertiary/aromatic N) is 3. The molecule has 1 saturated heterocycles. The smallest absolute Gasteiger partial charge is 0.248 e. The summed E-state index contributed by atoms with van der Waals surface area (Å²) >= 11 is 0. The summed E-state index contributed by atoms with van der Waals surface area (Å²) in [4.78, 5) is 19.5. The number of pyridine rings is 1. The number of aromatic nitrogens is 1. The molecule has 0 aromatic carbocycles. The topological polar surface area (TPSA) is 56.7 Å². The summed E-state index contributed by atoms with van der Waals surface area (Å²) in [6.45, 7) is 1.43. The molecule has 1 aliphatic rings. The van der Waals surface area contributed by atoms with Gasteiger partial charge in [-0.05, 0) is 25.0 Å². The molecule has 0 aliphatic carbocycles. The number of aliphatic hydroxyl groups excluding tert-OH is 1. The van der Waals surface area contributed by atoms with Crippen molar-refractivity contribution >= 4 is 11.6 Å². The normalized spacial score (nSPS) is 16.7. The molecule has 1 aliphatic heterocycles. The number of carbonyl (C=O) groups excluding carboxylic acids is 1. The van der Waals surface area contributed by atoms with E-state index in [9.17, 15) is 4.79 Å². The van der Waals surface area contributed by atoms with Crippen LogP contribution >= 0.6 is 0 Å². The highest BCUT2D eigenvalue weighted by Crippen LogP contribution is 2.21. The van der Waals surface area contributed by atoms with Gasteiger partial charge in [-0.25, -0.2) is 0 Å². The molecule has 1 aromatic heterocycles. The Morgan fingerprint density at radius 3 is 2.83 bits per heavy atom. The Kier molecular flexibility index (Phi) is 4.15. The molecular weight excluding hydrogens is 230 g/mol. The Labute approximate surface area is 107 Å². The number of aliphatic hydroxyl groups is 1. The van der Waals surface area contributed by atoms with E-state index in [1.54, 1.807) is 18.1 Å². The summed E-state index contributed by atoms with van der Waals surface area (Å²) < 4.78 is 0. The lowest BCUT2D eigenvalue weighted by Crippen LogP contribution is -2.46. The van der Waals surface area contributed by atoms with Crippen LogP contribution in [0.4, 0.5) is 5.69 Å². The lowest BCUT2D eigenvalue weighted by Gasteiger charge is -2.37. The molecule has 0 spiro atoms. The van der Waals surface area contributed by atoms with Crippen LogP contribution in [0.2, 0.25) is 0 Å². The molecule has 18 heavy (non-hydrogen) atoms. The number of piperidine rings is 1. The number of anilines is 1. The third kappa shape index (κ3) is 2.79. The first-order valence-electron chi connectivity index (χ1n) is 6.24. The lowest BCUT2D eigenvalue weighted by molar-refractivity contribution is -0.135. The van der Waals surface area contributed by atoms with Crippen molar-refractivity contribution in [2.45, 2.75) is 18.9 Å². The first-order chi connectivity index (χ1) is 8.72. The number of carbonyl (C=O) groups is 1. The molecule has 98 valence electrons. The van der Waals surface area contributed by atoms with E-state index in [4.69, 9.17) is 5.11 Å². The fourth-order valence-corrected chi connectivity index (χ4v) is 2.37. The van der Waals surface area contributed by atoms with Crippen molar-refractivity contribution < 1.29 is 9.90 Å². The van der Waals surface area contributed by atoms with Crippen LogP contribution in [0.1, 0.15) is 12.8 Å². The third-order valence-corrected chi connectivity index (χ3v) is 3.55. The minimum absolute atomic E-state index is 0.199. The molecule has 0 saturated carbocycles. The third-order valence-electron chi connectivity index (χ3n) is 3.55. The van der Waals surface area contributed by atoms with Gasteiger partial charge in [0.1, 0.15) is 6.61 Å². The van der Waals surface area contributed by atoms with Crippen molar-refractivity contribution in [3.05, 3.63) is 24.5 Å². The van der Waals surface area contributed by atoms with E-state index < -0.39 is 6.61 Å². The average Bonchev–Trinajstić information content (AvgIpc) is 2.47. The Bertz CT molecular complexity index is 388. The van der Waals surface area contributed by atoms with Crippen molar-refractivity contribution in [3.63, 3.8) is 0 Å². The first-order valence-corrected chi connectivity index (χ1v) is 6.24. The number of hydrogen-bond acceptors (Lipinski definition) is 4. The summed E-state index contributed by atoms with van der Waals surface area (Å²) in [6, 6.07) is 4.22. The Morgan fingerprint density at radius 1 is 1.56 bits per heavy atom. The van der Waals surface area contributed by atoms with Gasteiger partial charge in [0.2, 0.25) is 5.91 Å². The van der Waals surface area contributed by atoms with E-state index in [1.165, 1.54) is 0 Å². The van der Waals surface area contributed by atoms with E-state index >= 15 is 0 Å². The number of likely N-dealkylation sites (N-methyl/N-ethyl adjacent to an activating group) is 1. The van der Waals surface area contributed by atoms with Crippen molar-refractivity contribution in [1.82, 2.24) is 9.88 Å². The van der Waals surface area contributed by atoms with Crippen LogP contribution in [0.25, 0.3) is 0 Å². The maximum Gasteiger partial charge on any atom is 0.248 e. The standard InChI is InChI=1S/C13H19N3O2/c1-15(13(18)10-17)11-4-7-16(8-5-11)12-3-2-6-14-9-12/h2-3,6,9,11,17H,4-5,7-8,10H2,1H3. The zero-order valence-corrected chi connectivity index (χ0v) is 10.6. The van der Waals surface area contributed by atoms with Gasteiger partial charge in [-0.15, -0.1) is 0 Å². The summed E-state index contributed by atoms with van der Waals surface area (Å²) in [7, 11) is 1.77. The van der Waals surface area contributed by atoms with Crippen molar-refractivity contribution in [1.29, 1.82) is 0 Å². The highest BCUT2D eigenvalue weighted by atomic mass is 16.3. The zero-order chi connectivity index (χ0) is 13.0. The highest BCUT2D eigenvalue weighted by Gasteiger charge is 2.24. The molecule has 1 N–H and O–H groups in total. The number of amides is 1. The van der Waals surface area contributed by atoms with Crippen LogP contribution in [0, 0.1) is 0 Å². The van der Waals surface area contributed by atoms with Crippen molar-refractivity contribution in [2.75, 3.05) is 31.6 Å². The van der Waals surface area contributed by atoms with Gasteiger partial charge in [0.05, 0.1) is 11.9 Å². The van der Waals surface area contributed by atoms with Crippen LogP contribution in [0.15, 0.2) is 24.5 Å². The van der Waals surface area contributed by atoms with Crippen molar-refractivity contribution in [3.8, 4) is 0 Å². The first kappa shape index (κ1) is 12.8. The van der Waals surface area contributed by atoms with Crippen molar-refractivity contribution in [2.24, 2.45) is 0 Å². The monoisotopic (exact) mass is 249 g/mol. The Morgan fingerprint density at radius 2 is 2.28 bits per heavy atom. The minimum Gasteiger partial charge on any atom is -0.387 e. The second-order valence-corrected chi connectivity index (χ2v) is 4.59. The molecule has 0 unspecified atom stereocenters. The predicted molar refractivity (Wildman–Crippen MR) is 69.3 cm³/mol. The van der Waals surface area contributed by atoms with Crippen LogP contribution in [0.5, 0.6) is 0 Å². The van der Waals surface area contributed by atoms with Gasteiger partial charge in [-0.1, -0.05) is 0 Å². The molecule has 2 rings (SSSR count). The molecule has 0 radical (unpaired) electrons. The predicted octanol–water partition coefficient (Wildman–Crippen LogP) is 0.501. The summed E-state index contributed by atoms with van der Waals surface area (Å²) in [6.07, 6.45) is 5.49. The largest absolute Gasteiger partial charge is 0.387 e. The van der Waals surface area contributed by atoms with Crippen LogP contribution in [0.3, 0.4) is 0 Å². The van der Waals surface area contributed by atoms with E-state index in [2.05, 4.69) is 16.0 Å². The van der Waals surface area contributed by atoms with Gasteiger partial charge < -0.3 is 14.9 Å². The highest BCUT2D eigenvalue weighted by molar-refractivity contribution is 5.77.